The van der Waals surface area contributed by atoms with Crippen molar-refractivity contribution in [2.45, 2.75) is 32.2 Å². The van der Waals surface area contributed by atoms with E-state index in [0.717, 1.165) is 12.1 Å². The first-order valence-electron chi connectivity index (χ1n) is 5.78. The number of nitrogens with one attached hydrogen (secondary N) is 1. The fraction of sp³-hybridized carbons (Fsp3) is 0.500. The van der Waals surface area contributed by atoms with Crippen LogP contribution in [-0.4, -0.2) is 11.0 Å². The largest absolute Gasteiger partial charge is 0.381 e. The van der Waals surface area contributed by atoms with E-state index in [1.54, 1.807) is 6.07 Å². The summed E-state index contributed by atoms with van der Waals surface area (Å²) in [6.07, 6.45) is 3.58. The molecule has 1 saturated carbocycles. The number of hydrogen-bond acceptors (Lipinski definition) is 3. The second kappa shape index (κ2) is 4.92. The lowest BCUT2D eigenvalue weighted by Crippen LogP contribution is -2.21. The fourth-order valence-corrected chi connectivity index (χ4v) is 2.52. The summed E-state index contributed by atoms with van der Waals surface area (Å²) in [6, 6.07) is 4.98. The molecule has 0 aliphatic heterocycles. The van der Waals surface area contributed by atoms with Crippen molar-refractivity contribution in [1.82, 2.24) is 0 Å². The molecule has 1 aromatic carbocycles. The lowest BCUT2D eigenvalue weighted by molar-refractivity contribution is -0.384. The molecule has 4 nitrogen and oxygen atoms in total. The molecule has 1 N–H and O–H groups in total. The molecule has 92 valence electrons. The second-order valence-electron chi connectivity index (χ2n) is 4.58. The summed E-state index contributed by atoms with van der Waals surface area (Å²) in [5.74, 6) is 0.626. The van der Waals surface area contributed by atoms with Gasteiger partial charge >= 0.3 is 0 Å². The maximum absolute atomic E-state index is 10.6. The number of hydrogen-bond donors (Lipinski definition) is 1. The first kappa shape index (κ1) is 12.2. The van der Waals surface area contributed by atoms with Gasteiger partial charge < -0.3 is 5.32 Å². The fourth-order valence-electron chi connectivity index (χ4n) is 2.29. The summed E-state index contributed by atoms with van der Waals surface area (Å²) in [7, 11) is 0. The van der Waals surface area contributed by atoms with Crippen molar-refractivity contribution in [3.63, 3.8) is 0 Å². The van der Waals surface area contributed by atoms with Crippen LogP contribution in [0.25, 0.3) is 0 Å². The van der Waals surface area contributed by atoms with Gasteiger partial charge in [0.2, 0.25) is 0 Å². The van der Waals surface area contributed by atoms with Crippen molar-refractivity contribution in [1.29, 1.82) is 0 Å². The minimum atomic E-state index is -0.437. The van der Waals surface area contributed by atoms with Crippen LogP contribution in [0, 0.1) is 16.0 Å². The van der Waals surface area contributed by atoms with E-state index in [2.05, 4.69) is 12.2 Å². The number of halogens is 1. The molecule has 0 saturated heterocycles. The van der Waals surface area contributed by atoms with Crippen LogP contribution >= 0.6 is 11.6 Å². The summed E-state index contributed by atoms with van der Waals surface area (Å²) >= 11 is 6.03. The molecule has 2 atom stereocenters. The Morgan fingerprint density at radius 1 is 1.47 bits per heavy atom. The zero-order valence-corrected chi connectivity index (χ0v) is 10.4. The van der Waals surface area contributed by atoms with Gasteiger partial charge in [-0.05, 0) is 24.8 Å². The van der Waals surface area contributed by atoms with Gasteiger partial charge in [-0.2, -0.15) is 0 Å². The van der Waals surface area contributed by atoms with Crippen molar-refractivity contribution in [2.75, 3.05) is 5.32 Å². The van der Waals surface area contributed by atoms with E-state index in [1.807, 2.05) is 0 Å². The number of anilines is 1. The van der Waals surface area contributed by atoms with Crippen molar-refractivity contribution < 1.29 is 4.92 Å². The van der Waals surface area contributed by atoms with E-state index in [0.29, 0.717) is 17.0 Å². The Morgan fingerprint density at radius 3 is 2.76 bits per heavy atom. The molecular formula is C12H15ClN2O2. The van der Waals surface area contributed by atoms with Gasteiger partial charge in [0.1, 0.15) is 0 Å². The maximum Gasteiger partial charge on any atom is 0.271 e. The molecule has 0 radical (unpaired) electrons. The minimum absolute atomic E-state index is 0.0278. The number of nitro groups is 1. The SMILES string of the molecule is CC1CCCC1Nc1ccc([N+](=O)[O-])cc1Cl. The number of benzene rings is 1. The highest BCUT2D eigenvalue weighted by molar-refractivity contribution is 6.33. The summed E-state index contributed by atoms with van der Waals surface area (Å²) in [5, 5.41) is 14.4. The molecule has 0 heterocycles. The van der Waals surface area contributed by atoms with Crippen LogP contribution < -0.4 is 5.32 Å². The standard InChI is InChI=1S/C12H15ClN2O2/c1-8-3-2-4-11(8)14-12-6-5-9(15(16)17)7-10(12)13/h5-8,11,14H,2-4H2,1H3. The van der Waals surface area contributed by atoms with Crippen LogP contribution in [0.3, 0.4) is 0 Å². The number of rotatable bonds is 3. The van der Waals surface area contributed by atoms with Gasteiger partial charge in [0.15, 0.2) is 0 Å². The Hall–Kier alpha value is -1.29. The van der Waals surface area contributed by atoms with E-state index in [9.17, 15) is 10.1 Å². The van der Waals surface area contributed by atoms with Crippen molar-refractivity contribution in [3.05, 3.63) is 33.3 Å². The number of non-ortho nitro benzene ring substituents is 1. The Labute approximate surface area is 105 Å². The van der Waals surface area contributed by atoms with E-state index >= 15 is 0 Å². The van der Waals surface area contributed by atoms with Crippen LogP contribution in [0.1, 0.15) is 26.2 Å². The molecule has 1 fully saturated rings. The van der Waals surface area contributed by atoms with Crippen molar-refractivity contribution in [2.24, 2.45) is 5.92 Å². The predicted molar refractivity (Wildman–Crippen MR) is 68.5 cm³/mol. The number of nitro benzene ring substituents is 1. The van der Waals surface area contributed by atoms with Gasteiger partial charge in [-0.15, -0.1) is 0 Å². The zero-order valence-electron chi connectivity index (χ0n) is 9.65. The molecule has 1 aliphatic carbocycles. The number of nitrogens with zero attached hydrogens (tertiary/aromatic N) is 1. The van der Waals surface area contributed by atoms with Crippen LogP contribution in [0.5, 0.6) is 0 Å². The van der Waals surface area contributed by atoms with E-state index in [1.165, 1.54) is 25.0 Å². The third-order valence-corrected chi connectivity index (χ3v) is 3.68. The topological polar surface area (TPSA) is 55.2 Å². The predicted octanol–water partition coefficient (Wildman–Crippen LogP) is 3.85. The van der Waals surface area contributed by atoms with Gasteiger partial charge in [0.05, 0.1) is 15.6 Å². The molecule has 0 bridgehead atoms. The Morgan fingerprint density at radius 2 is 2.24 bits per heavy atom. The minimum Gasteiger partial charge on any atom is -0.381 e. The van der Waals surface area contributed by atoms with Gasteiger partial charge in [-0.25, -0.2) is 0 Å². The van der Waals surface area contributed by atoms with Crippen LogP contribution in [-0.2, 0) is 0 Å². The van der Waals surface area contributed by atoms with Gasteiger partial charge in [-0.1, -0.05) is 24.9 Å². The first-order valence-corrected chi connectivity index (χ1v) is 6.16. The summed E-state index contributed by atoms with van der Waals surface area (Å²) < 4.78 is 0. The van der Waals surface area contributed by atoms with Crippen LogP contribution in [0.15, 0.2) is 18.2 Å². The van der Waals surface area contributed by atoms with Crippen molar-refractivity contribution >= 4 is 23.0 Å². The van der Waals surface area contributed by atoms with Crippen LogP contribution in [0.4, 0.5) is 11.4 Å². The lowest BCUT2D eigenvalue weighted by atomic mass is 10.1. The average Bonchev–Trinajstić information content (AvgIpc) is 2.67. The monoisotopic (exact) mass is 254 g/mol. The smallest absolute Gasteiger partial charge is 0.271 e. The molecule has 5 heteroatoms. The zero-order chi connectivity index (χ0) is 12.4. The van der Waals surface area contributed by atoms with Crippen LogP contribution in [0.2, 0.25) is 5.02 Å². The molecule has 0 amide bonds. The molecule has 17 heavy (non-hydrogen) atoms. The highest BCUT2D eigenvalue weighted by atomic mass is 35.5. The Balaban J connectivity index is 2.14. The molecule has 2 rings (SSSR count). The van der Waals surface area contributed by atoms with E-state index in [4.69, 9.17) is 11.6 Å². The third kappa shape index (κ3) is 2.69. The average molecular weight is 255 g/mol. The Bertz CT molecular complexity index is 437. The van der Waals surface area contributed by atoms with Gasteiger partial charge in [0, 0.05) is 18.2 Å². The third-order valence-electron chi connectivity index (χ3n) is 3.37. The summed E-state index contributed by atoms with van der Waals surface area (Å²) in [4.78, 5) is 10.2. The highest BCUT2D eigenvalue weighted by Crippen LogP contribution is 2.32. The van der Waals surface area contributed by atoms with E-state index in [-0.39, 0.29) is 5.69 Å². The Kier molecular flexibility index (Phi) is 3.52. The maximum atomic E-state index is 10.6. The quantitative estimate of drug-likeness (QED) is 0.658. The molecule has 0 aromatic heterocycles. The second-order valence-corrected chi connectivity index (χ2v) is 4.99. The highest BCUT2D eigenvalue weighted by Gasteiger charge is 2.23. The molecule has 2 unspecified atom stereocenters. The molecule has 0 spiro atoms. The van der Waals surface area contributed by atoms with Gasteiger partial charge in [-0.3, -0.25) is 10.1 Å². The van der Waals surface area contributed by atoms with E-state index < -0.39 is 4.92 Å². The lowest BCUT2D eigenvalue weighted by Gasteiger charge is -2.19. The first-order chi connectivity index (χ1) is 8.08. The summed E-state index contributed by atoms with van der Waals surface area (Å²) in [5.41, 5.74) is 0.816. The normalized spacial score (nSPS) is 23.6. The molecule has 1 aromatic rings. The molecule has 1 aliphatic rings. The van der Waals surface area contributed by atoms with Crippen molar-refractivity contribution in [3.8, 4) is 0 Å². The summed E-state index contributed by atoms with van der Waals surface area (Å²) in [6.45, 7) is 2.21. The van der Waals surface area contributed by atoms with Gasteiger partial charge in [0.25, 0.3) is 5.69 Å². The molecular weight excluding hydrogens is 240 g/mol.